The summed E-state index contributed by atoms with van der Waals surface area (Å²) in [6.07, 6.45) is 0.918. The molecule has 1 unspecified atom stereocenters. The monoisotopic (exact) mass is 207 g/mol. The Labute approximate surface area is 82.3 Å². The maximum Gasteiger partial charge on any atom is 0.320 e. The number of hydrogen-bond donors (Lipinski definition) is 4. The lowest BCUT2D eigenvalue weighted by atomic mass is 10.2. The van der Waals surface area contributed by atoms with Crippen LogP contribution in [0, 0.1) is 0 Å². The molecule has 0 aliphatic rings. The second kappa shape index (κ2) is 9.94. The molecule has 0 fully saturated rings. The summed E-state index contributed by atoms with van der Waals surface area (Å²) in [5.74, 6) is -1.78. The molecule has 0 bridgehead atoms. The quantitative estimate of drug-likeness (QED) is 0.489. The SMILES string of the molecule is CCC(N)C(=O)O.O=C(O)CCCO. The van der Waals surface area contributed by atoms with Gasteiger partial charge in [-0.2, -0.15) is 0 Å². The lowest BCUT2D eigenvalue weighted by Crippen LogP contribution is -2.28. The molecule has 0 radical (unpaired) electrons. The van der Waals surface area contributed by atoms with Crippen LogP contribution in [0.2, 0.25) is 0 Å². The van der Waals surface area contributed by atoms with Gasteiger partial charge in [-0.05, 0) is 12.8 Å². The van der Waals surface area contributed by atoms with E-state index in [1.807, 2.05) is 0 Å². The third-order valence-corrected chi connectivity index (χ3v) is 1.31. The van der Waals surface area contributed by atoms with E-state index in [1.54, 1.807) is 6.92 Å². The third-order valence-electron chi connectivity index (χ3n) is 1.31. The summed E-state index contributed by atoms with van der Waals surface area (Å²) in [7, 11) is 0. The van der Waals surface area contributed by atoms with Crippen LogP contribution in [-0.2, 0) is 9.59 Å². The van der Waals surface area contributed by atoms with Gasteiger partial charge in [-0.25, -0.2) is 0 Å². The average molecular weight is 207 g/mol. The van der Waals surface area contributed by atoms with Gasteiger partial charge in [0.25, 0.3) is 0 Å². The third kappa shape index (κ3) is 13.4. The highest BCUT2D eigenvalue weighted by atomic mass is 16.4. The van der Waals surface area contributed by atoms with Crippen molar-refractivity contribution in [2.45, 2.75) is 32.2 Å². The highest BCUT2D eigenvalue weighted by Crippen LogP contribution is 1.83. The molecule has 1 atom stereocenters. The van der Waals surface area contributed by atoms with E-state index < -0.39 is 18.0 Å². The molecule has 0 aromatic heterocycles. The van der Waals surface area contributed by atoms with Crippen molar-refractivity contribution in [1.29, 1.82) is 0 Å². The summed E-state index contributed by atoms with van der Waals surface area (Å²) >= 11 is 0. The van der Waals surface area contributed by atoms with Gasteiger partial charge in [0, 0.05) is 13.0 Å². The van der Waals surface area contributed by atoms with Crippen LogP contribution >= 0.6 is 0 Å². The second-order valence-electron chi connectivity index (χ2n) is 2.57. The number of carboxylic acid groups (broad SMARTS) is 2. The van der Waals surface area contributed by atoms with Crippen molar-refractivity contribution < 1.29 is 24.9 Å². The second-order valence-corrected chi connectivity index (χ2v) is 2.57. The minimum absolute atomic E-state index is 0.0354. The molecule has 0 aliphatic heterocycles. The van der Waals surface area contributed by atoms with E-state index in [-0.39, 0.29) is 13.0 Å². The van der Waals surface area contributed by atoms with Gasteiger partial charge in [-0.15, -0.1) is 0 Å². The van der Waals surface area contributed by atoms with Crippen molar-refractivity contribution in [3.63, 3.8) is 0 Å². The van der Waals surface area contributed by atoms with E-state index in [9.17, 15) is 9.59 Å². The lowest BCUT2D eigenvalue weighted by Gasteiger charge is -1.97. The molecule has 0 rings (SSSR count). The zero-order valence-electron chi connectivity index (χ0n) is 8.14. The van der Waals surface area contributed by atoms with Crippen molar-refractivity contribution in [3.05, 3.63) is 0 Å². The van der Waals surface area contributed by atoms with Gasteiger partial charge in [0.1, 0.15) is 6.04 Å². The summed E-state index contributed by atoms with van der Waals surface area (Å²) in [6, 6.07) is -0.681. The first-order valence-electron chi connectivity index (χ1n) is 4.26. The molecule has 5 N–H and O–H groups in total. The number of carboxylic acids is 2. The average Bonchev–Trinajstić information content (AvgIpc) is 2.14. The number of aliphatic hydroxyl groups is 1. The number of nitrogens with two attached hydrogens (primary N) is 1. The van der Waals surface area contributed by atoms with Gasteiger partial charge < -0.3 is 21.1 Å². The fourth-order valence-electron chi connectivity index (χ4n) is 0.405. The van der Waals surface area contributed by atoms with Crippen LogP contribution < -0.4 is 5.73 Å². The molecule has 0 amide bonds. The van der Waals surface area contributed by atoms with Gasteiger partial charge in [0.2, 0.25) is 0 Å². The summed E-state index contributed by atoms with van der Waals surface area (Å²) in [4.78, 5) is 19.5. The minimum atomic E-state index is -0.928. The molecular formula is C8H17NO5. The van der Waals surface area contributed by atoms with Crippen LogP contribution in [0.5, 0.6) is 0 Å². The lowest BCUT2D eigenvalue weighted by molar-refractivity contribution is -0.139. The van der Waals surface area contributed by atoms with E-state index in [0.29, 0.717) is 12.8 Å². The number of carbonyl (C=O) groups is 2. The Balaban J connectivity index is 0. The number of hydrogen-bond acceptors (Lipinski definition) is 4. The summed E-state index contributed by atoms with van der Waals surface area (Å²) < 4.78 is 0. The van der Waals surface area contributed by atoms with Crippen molar-refractivity contribution >= 4 is 11.9 Å². The predicted molar refractivity (Wildman–Crippen MR) is 49.9 cm³/mol. The normalized spacial score (nSPS) is 11.1. The summed E-state index contributed by atoms with van der Waals surface area (Å²) in [6.45, 7) is 1.70. The zero-order chi connectivity index (χ0) is 11.6. The Morgan fingerprint density at radius 1 is 1.36 bits per heavy atom. The molecule has 6 nitrogen and oxygen atoms in total. The van der Waals surface area contributed by atoms with Crippen molar-refractivity contribution in [3.8, 4) is 0 Å². The molecule has 0 aliphatic carbocycles. The summed E-state index contributed by atoms with van der Waals surface area (Å²) in [5.41, 5.74) is 5.02. The van der Waals surface area contributed by atoms with Gasteiger partial charge in [0.05, 0.1) is 0 Å². The van der Waals surface area contributed by atoms with E-state index in [0.717, 1.165) is 0 Å². The smallest absolute Gasteiger partial charge is 0.320 e. The van der Waals surface area contributed by atoms with Crippen molar-refractivity contribution in [1.82, 2.24) is 0 Å². The van der Waals surface area contributed by atoms with E-state index in [1.165, 1.54) is 0 Å². The fourth-order valence-corrected chi connectivity index (χ4v) is 0.405. The minimum Gasteiger partial charge on any atom is -0.481 e. The Kier molecular flexibility index (Phi) is 10.9. The largest absolute Gasteiger partial charge is 0.481 e. The Hall–Kier alpha value is -1.14. The van der Waals surface area contributed by atoms with Crippen LogP contribution in [0.15, 0.2) is 0 Å². The number of aliphatic hydroxyl groups excluding tert-OH is 1. The highest BCUT2D eigenvalue weighted by molar-refractivity contribution is 5.72. The molecule has 6 heteroatoms. The Morgan fingerprint density at radius 3 is 1.93 bits per heavy atom. The number of rotatable bonds is 5. The van der Waals surface area contributed by atoms with E-state index in [2.05, 4.69) is 0 Å². The van der Waals surface area contributed by atoms with Crippen LogP contribution in [0.1, 0.15) is 26.2 Å². The van der Waals surface area contributed by atoms with Crippen molar-refractivity contribution in [2.24, 2.45) is 5.73 Å². The molecule has 0 aromatic carbocycles. The fraction of sp³-hybridized carbons (Fsp3) is 0.750. The maximum absolute atomic E-state index is 9.81. The molecule has 0 heterocycles. The molecule has 0 aromatic rings. The van der Waals surface area contributed by atoms with Gasteiger partial charge >= 0.3 is 11.9 Å². The predicted octanol–water partition coefficient (Wildman–Crippen LogP) is -0.348. The van der Waals surface area contributed by atoms with Crippen LogP contribution in [-0.4, -0.2) is 39.9 Å². The first-order chi connectivity index (χ1) is 6.45. The van der Waals surface area contributed by atoms with Gasteiger partial charge in [0.15, 0.2) is 0 Å². The van der Waals surface area contributed by atoms with Crippen molar-refractivity contribution in [2.75, 3.05) is 6.61 Å². The first-order valence-corrected chi connectivity index (χ1v) is 4.26. The van der Waals surface area contributed by atoms with Crippen LogP contribution in [0.25, 0.3) is 0 Å². The van der Waals surface area contributed by atoms with Gasteiger partial charge in [-0.3, -0.25) is 9.59 Å². The molecule has 0 spiro atoms. The first kappa shape index (κ1) is 15.3. The van der Waals surface area contributed by atoms with Gasteiger partial charge in [-0.1, -0.05) is 6.92 Å². The molecule has 14 heavy (non-hydrogen) atoms. The number of aliphatic carboxylic acids is 2. The Bertz CT molecular complexity index is 171. The maximum atomic E-state index is 9.81. The summed E-state index contributed by atoms with van der Waals surface area (Å²) in [5, 5.41) is 24.0. The van der Waals surface area contributed by atoms with E-state index >= 15 is 0 Å². The molecule has 84 valence electrons. The highest BCUT2D eigenvalue weighted by Gasteiger charge is 2.05. The van der Waals surface area contributed by atoms with Crippen LogP contribution in [0.3, 0.4) is 0 Å². The standard InChI is InChI=1S/C4H9NO2.C4H8O3/c1-2-3(5)4(6)7;5-3-1-2-4(6)7/h3H,2,5H2,1H3,(H,6,7);5H,1-3H2,(H,6,7). The zero-order valence-corrected chi connectivity index (χ0v) is 8.14. The molecule has 0 saturated carbocycles. The molecular weight excluding hydrogens is 190 g/mol. The van der Waals surface area contributed by atoms with E-state index in [4.69, 9.17) is 21.1 Å². The molecule has 0 saturated heterocycles. The topological polar surface area (TPSA) is 121 Å². The Morgan fingerprint density at radius 2 is 1.86 bits per heavy atom. The van der Waals surface area contributed by atoms with Crippen LogP contribution in [0.4, 0.5) is 0 Å².